The van der Waals surface area contributed by atoms with Gasteiger partial charge in [-0.15, -0.1) is 0 Å². The maximum Gasteiger partial charge on any atom is 0.392 e. The third-order valence-corrected chi connectivity index (χ3v) is 1.43. The van der Waals surface area contributed by atoms with Crippen LogP contribution in [0.3, 0.4) is 0 Å². The second-order valence-electron chi connectivity index (χ2n) is 2.22. The van der Waals surface area contributed by atoms with E-state index in [1.807, 2.05) is 0 Å². The van der Waals surface area contributed by atoms with Crippen LogP contribution in [0.2, 0.25) is 0 Å². The largest absolute Gasteiger partial charge is 0.421 e. The zero-order chi connectivity index (χ0) is 10.6. The minimum Gasteiger partial charge on any atom is -0.421 e. The first-order valence-electron chi connectivity index (χ1n) is 3.43. The quantitative estimate of drug-likeness (QED) is 0.315. The molecule has 0 heterocycles. The van der Waals surface area contributed by atoms with Gasteiger partial charge in [-0.3, -0.25) is 14.9 Å². The van der Waals surface area contributed by atoms with Gasteiger partial charge in [0.15, 0.2) is 4.98 Å². The average Bonchev–Trinajstić information content (AvgIpc) is 2.18. The van der Waals surface area contributed by atoms with Crippen molar-refractivity contribution in [1.82, 2.24) is 0 Å². The summed E-state index contributed by atoms with van der Waals surface area (Å²) in [6.45, 7) is 0.0814. The highest BCUT2D eigenvalue weighted by Gasteiger charge is 2.20. The third kappa shape index (κ3) is 1.81. The van der Waals surface area contributed by atoms with Gasteiger partial charge >= 0.3 is 11.4 Å². The van der Waals surface area contributed by atoms with Crippen LogP contribution in [-0.2, 0) is 4.79 Å². The molecule has 0 fully saturated rings. The molecule has 0 aromatic heterocycles. The van der Waals surface area contributed by atoms with Crippen molar-refractivity contribution in [3.05, 3.63) is 33.3 Å². The molecule has 1 rings (SSSR count). The molecule has 0 N–H and O–H groups in total. The lowest BCUT2D eigenvalue weighted by atomic mass is 10.2. The van der Waals surface area contributed by atoms with Crippen molar-refractivity contribution in [3.63, 3.8) is 0 Å². The summed E-state index contributed by atoms with van der Waals surface area (Å²) in [5, 5.41) is 18.8. The van der Waals surface area contributed by atoms with Crippen LogP contribution in [0.25, 0.3) is 4.98 Å². The predicted octanol–water partition coefficient (Wildman–Crippen LogP) is 1.61. The van der Waals surface area contributed by atoms with Crippen molar-refractivity contribution in [2.45, 2.75) is 0 Å². The molecule has 0 bridgehead atoms. The summed E-state index contributed by atoms with van der Waals surface area (Å²) in [7, 11) is 0. The highest BCUT2D eigenvalue weighted by molar-refractivity contribution is 5.61. The van der Waals surface area contributed by atoms with Gasteiger partial charge in [0.2, 0.25) is 11.1 Å². The molecule has 7 nitrogen and oxygen atoms in total. The first kappa shape index (κ1) is 9.60. The van der Waals surface area contributed by atoms with Crippen molar-refractivity contribution in [2.75, 3.05) is 0 Å². The minimum atomic E-state index is -0.743. The van der Waals surface area contributed by atoms with Gasteiger partial charge in [-0.2, -0.15) is 0 Å². The number of nitro benzene ring substituents is 1. The molecule has 70 valence electrons. The van der Waals surface area contributed by atoms with Crippen LogP contribution in [0.1, 0.15) is 0 Å². The van der Waals surface area contributed by atoms with Crippen LogP contribution in [-0.4, -0.2) is 11.4 Å². The van der Waals surface area contributed by atoms with Gasteiger partial charge < -0.3 is 4.74 Å². The Morgan fingerprint density at radius 3 is 2.79 bits per heavy atom. The molecule has 0 spiro atoms. The number of nitro groups is 1. The van der Waals surface area contributed by atoms with Gasteiger partial charge in [0, 0.05) is 6.07 Å². The molecule has 14 heavy (non-hydrogen) atoms. The lowest BCUT2D eigenvalue weighted by molar-refractivity contribution is -0.385. The number of ether oxygens (including phenoxy) is 1. The maximum atomic E-state index is 10.5. The number of carbonyl (C=O) groups is 1. The summed E-state index contributed by atoms with van der Waals surface area (Å²) in [4.78, 5) is 22.5. The SMILES string of the molecule is N#[N+]c1ccc(OC=O)c([N+](=O)[O-])c1. The number of hydrogen-bond acceptors (Lipinski definition) is 5. The second-order valence-corrected chi connectivity index (χ2v) is 2.22. The van der Waals surface area contributed by atoms with E-state index in [0.29, 0.717) is 0 Å². The summed E-state index contributed by atoms with van der Waals surface area (Å²) >= 11 is 0. The van der Waals surface area contributed by atoms with Crippen molar-refractivity contribution in [2.24, 2.45) is 0 Å². The fourth-order valence-electron chi connectivity index (χ4n) is 0.862. The summed E-state index contributed by atoms with van der Waals surface area (Å²) in [5.74, 6) is -0.197. The normalized spacial score (nSPS) is 8.79. The molecule has 0 radical (unpaired) electrons. The first-order chi connectivity index (χ1) is 6.69. The summed E-state index contributed by atoms with van der Waals surface area (Å²) in [6.07, 6.45) is 0. The Morgan fingerprint density at radius 1 is 1.57 bits per heavy atom. The molecule has 0 aliphatic rings. The number of hydrogen-bond donors (Lipinski definition) is 0. The summed E-state index contributed by atoms with van der Waals surface area (Å²) in [5.41, 5.74) is -0.428. The molecule has 0 saturated heterocycles. The molecule has 0 aliphatic carbocycles. The molecular weight excluding hydrogens is 190 g/mol. The molecule has 0 amide bonds. The van der Waals surface area contributed by atoms with Gasteiger partial charge in [-0.1, -0.05) is 0 Å². The monoisotopic (exact) mass is 194 g/mol. The van der Waals surface area contributed by atoms with Crippen molar-refractivity contribution in [1.29, 1.82) is 5.39 Å². The minimum absolute atomic E-state index is 0.00921. The zero-order valence-corrected chi connectivity index (χ0v) is 6.78. The van der Waals surface area contributed by atoms with Crippen LogP contribution in [0.4, 0.5) is 11.4 Å². The highest BCUT2D eigenvalue weighted by Crippen LogP contribution is 2.30. The van der Waals surface area contributed by atoms with Gasteiger partial charge in [0.25, 0.3) is 6.47 Å². The number of nitrogens with zero attached hydrogens (tertiary/aromatic N) is 3. The Balaban J connectivity index is 3.25. The van der Waals surface area contributed by atoms with E-state index >= 15 is 0 Å². The smallest absolute Gasteiger partial charge is 0.392 e. The first-order valence-corrected chi connectivity index (χ1v) is 3.43. The standard InChI is InChI=1S/C7H4N3O4/c8-9-5-1-2-7(14-4-11)6(3-5)10(12)13/h1-4H/q+1. The lowest BCUT2D eigenvalue weighted by Crippen LogP contribution is -1.95. The molecule has 0 saturated carbocycles. The molecule has 0 unspecified atom stereocenters. The Morgan fingerprint density at radius 2 is 2.29 bits per heavy atom. The van der Waals surface area contributed by atoms with Gasteiger partial charge in [-0.05, 0) is 6.07 Å². The Kier molecular flexibility index (Phi) is 2.71. The van der Waals surface area contributed by atoms with E-state index in [4.69, 9.17) is 5.39 Å². The van der Waals surface area contributed by atoms with E-state index in [2.05, 4.69) is 9.71 Å². The fraction of sp³-hybridized carbons (Fsp3) is 0. The molecule has 7 heteroatoms. The van der Waals surface area contributed by atoms with Crippen molar-refractivity contribution >= 4 is 17.8 Å². The Labute approximate surface area is 77.7 Å². The topological polar surface area (TPSA) is 97.6 Å². The van der Waals surface area contributed by atoms with Crippen molar-refractivity contribution < 1.29 is 14.5 Å². The number of carbonyl (C=O) groups excluding carboxylic acids is 1. The van der Waals surface area contributed by atoms with Crippen LogP contribution >= 0.6 is 0 Å². The molecule has 1 aromatic rings. The summed E-state index contributed by atoms with van der Waals surface area (Å²) in [6, 6.07) is 3.42. The Bertz CT molecular complexity index is 423. The van der Waals surface area contributed by atoms with E-state index in [1.54, 1.807) is 0 Å². The Hall–Kier alpha value is -2.49. The van der Waals surface area contributed by atoms with E-state index in [9.17, 15) is 14.9 Å². The highest BCUT2D eigenvalue weighted by atomic mass is 16.6. The van der Waals surface area contributed by atoms with E-state index in [0.717, 1.165) is 6.07 Å². The van der Waals surface area contributed by atoms with Crippen LogP contribution in [0.5, 0.6) is 5.75 Å². The second kappa shape index (κ2) is 3.95. The number of benzene rings is 1. The molecule has 1 aromatic carbocycles. The van der Waals surface area contributed by atoms with E-state index < -0.39 is 10.6 Å². The maximum absolute atomic E-state index is 10.5. The fourth-order valence-corrected chi connectivity index (χ4v) is 0.862. The van der Waals surface area contributed by atoms with Crippen LogP contribution in [0.15, 0.2) is 18.2 Å². The van der Waals surface area contributed by atoms with E-state index in [1.165, 1.54) is 12.1 Å². The summed E-state index contributed by atoms with van der Waals surface area (Å²) < 4.78 is 4.35. The lowest BCUT2D eigenvalue weighted by Gasteiger charge is -1.96. The predicted molar refractivity (Wildman–Crippen MR) is 44.5 cm³/mol. The zero-order valence-electron chi connectivity index (χ0n) is 6.78. The van der Waals surface area contributed by atoms with Gasteiger partial charge in [0.05, 0.1) is 4.92 Å². The van der Waals surface area contributed by atoms with Crippen LogP contribution < -0.4 is 4.74 Å². The average molecular weight is 194 g/mol. The van der Waals surface area contributed by atoms with Gasteiger partial charge in [-0.25, -0.2) is 0 Å². The van der Waals surface area contributed by atoms with Crippen molar-refractivity contribution in [3.8, 4) is 5.75 Å². The molecule has 0 atom stereocenters. The van der Waals surface area contributed by atoms with Gasteiger partial charge in [0.1, 0.15) is 6.07 Å². The van der Waals surface area contributed by atoms with Crippen LogP contribution in [0, 0.1) is 15.5 Å². The molecule has 0 aliphatic heterocycles. The molecular formula is C7H4N3O4+. The number of rotatable bonds is 3. The third-order valence-electron chi connectivity index (χ3n) is 1.43. The van der Waals surface area contributed by atoms with E-state index in [-0.39, 0.29) is 17.9 Å². The number of diazo groups is 1.